The number of hydrogen-bond donors (Lipinski definition) is 2. The van der Waals surface area contributed by atoms with Gasteiger partial charge in [0.1, 0.15) is 17.2 Å². The molecule has 0 unspecified atom stereocenters. The van der Waals surface area contributed by atoms with Gasteiger partial charge >= 0.3 is 0 Å². The molecule has 0 fully saturated rings. The Labute approximate surface area is 194 Å². The molecule has 3 N–H and O–H groups in total. The number of primary sulfonamides is 1. The van der Waals surface area contributed by atoms with Crippen molar-refractivity contribution in [3.05, 3.63) is 47.9 Å². The van der Waals surface area contributed by atoms with Crippen LogP contribution in [0.4, 0.5) is 0 Å². The van der Waals surface area contributed by atoms with Gasteiger partial charge in [0.25, 0.3) is 0 Å². The molecular weight excluding hydrogens is 380 g/mol. The molecular formula is C20H28N2O5S. The van der Waals surface area contributed by atoms with Crippen LogP contribution in [0.25, 0.3) is 0 Å². The first-order valence-electron chi connectivity index (χ1n) is 17.3. The van der Waals surface area contributed by atoms with E-state index in [4.69, 9.17) is 42.0 Å². The van der Waals surface area contributed by atoms with E-state index in [1.54, 1.807) is 0 Å². The molecule has 0 aliphatic rings. The van der Waals surface area contributed by atoms with E-state index in [-0.39, 0.29) is 6.61 Å². The fourth-order valence-electron chi connectivity index (χ4n) is 1.64. The van der Waals surface area contributed by atoms with Crippen LogP contribution in [0.5, 0.6) is 17.2 Å². The number of nitrogens with one attached hydrogen (secondary N) is 1. The fraction of sp³-hybridized carbons (Fsp3) is 0.400. The first-order chi connectivity index (χ1) is 21.2. The molecule has 0 saturated carbocycles. The number of ether oxygens (including phenoxy) is 3. The molecule has 0 radical (unpaired) electrons. The van der Waals surface area contributed by atoms with Crippen LogP contribution in [0.3, 0.4) is 0 Å². The summed E-state index contributed by atoms with van der Waals surface area (Å²) in [4.78, 5) is -1.70. The third kappa shape index (κ3) is 6.40. The minimum Gasteiger partial charge on any atom is -0.495 e. The van der Waals surface area contributed by atoms with Gasteiger partial charge in [-0.25, -0.2) is 13.6 Å². The third-order valence-corrected chi connectivity index (χ3v) is 3.54. The number of hydrogen-bond acceptors (Lipinski definition) is 6. The SMILES string of the molecule is [2H]c1c([2H])c([2H])c(OC([2H])([2H])C([2H])([2H])N[C@]([2H])(C([2H])([2H])[2H])C([2H])([2H])c2c([2H])c([2H])c(OC([2H])([2H])[2H])c(S(N)(=O)=O)c2[2H])c(OCC)c1[2H]. The summed E-state index contributed by atoms with van der Waals surface area (Å²) in [7, 11) is -8.85. The van der Waals surface area contributed by atoms with Crippen molar-refractivity contribution in [1.82, 2.24) is 5.32 Å². The minimum atomic E-state index is -5.34. The summed E-state index contributed by atoms with van der Waals surface area (Å²) in [6, 6.07) is -12.9. The number of rotatable bonds is 11. The minimum absolute atomic E-state index is 0.263. The highest BCUT2D eigenvalue weighted by Crippen LogP contribution is 2.26. The van der Waals surface area contributed by atoms with Crippen LogP contribution in [0.15, 0.2) is 47.2 Å². The van der Waals surface area contributed by atoms with Gasteiger partial charge in [-0.1, -0.05) is 18.1 Å². The molecule has 2 aromatic carbocycles. The van der Waals surface area contributed by atoms with Crippen molar-refractivity contribution in [2.45, 2.75) is 31.1 Å². The monoisotopic (exact) mass is 428 g/mol. The highest BCUT2D eigenvalue weighted by atomic mass is 32.2. The number of nitrogens with two attached hydrogens (primary N) is 1. The normalized spacial score (nSPS) is 26.4. The van der Waals surface area contributed by atoms with Crippen molar-refractivity contribution < 1.29 is 50.0 Å². The van der Waals surface area contributed by atoms with Crippen LogP contribution in [0, 0.1) is 0 Å². The maximum atomic E-state index is 12.4. The van der Waals surface area contributed by atoms with Gasteiger partial charge in [0.15, 0.2) is 11.5 Å². The van der Waals surface area contributed by atoms with E-state index in [2.05, 4.69) is 4.74 Å². The molecule has 0 heterocycles. The van der Waals surface area contributed by atoms with E-state index in [0.717, 1.165) is 0 Å². The third-order valence-electron chi connectivity index (χ3n) is 2.68. The van der Waals surface area contributed by atoms with E-state index in [1.165, 1.54) is 12.2 Å². The topological polar surface area (TPSA) is 99.9 Å². The molecule has 8 heteroatoms. The predicted molar refractivity (Wildman–Crippen MR) is 109 cm³/mol. The van der Waals surface area contributed by atoms with Crippen LogP contribution in [0.2, 0.25) is 0 Å². The van der Waals surface area contributed by atoms with Crippen LogP contribution in [-0.2, 0) is 16.4 Å². The molecule has 0 aromatic heterocycles. The second-order valence-electron chi connectivity index (χ2n) is 4.60. The zero-order chi connectivity index (χ0) is 38.0. The number of methoxy groups -OCH3 is 1. The van der Waals surface area contributed by atoms with E-state index in [1.807, 2.05) is 0 Å². The Hall–Kier alpha value is -2.29. The lowest BCUT2D eigenvalue weighted by atomic mass is 10.1. The summed E-state index contributed by atoms with van der Waals surface area (Å²) in [6.07, 6.45) is -4.18. The van der Waals surface area contributed by atoms with Crippen LogP contribution in [0.1, 0.15) is 46.8 Å². The molecule has 0 bridgehead atoms. The highest BCUT2D eigenvalue weighted by Gasteiger charge is 2.16. The Morgan fingerprint density at radius 1 is 1.25 bits per heavy atom. The van der Waals surface area contributed by atoms with Gasteiger partial charge in [-0.05, 0) is 49.9 Å². The molecule has 28 heavy (non-hydrogen) atoms. The van der Waals surface area contributed by atoms with Crippen LogP contribution in [-0.4, -0.2) is 41.1 Å². The molecule has 0 aliphatic heterocycles. The number of sulfonamides is 1. The van der Waals surface area contributed by atoms with Crippen molar-refractivity contribution in [3.8, 4) is 17.2 Å². The van der Waals surface area contributed by atoms with Gasteiger partial charge in [-0.2, -0.15) is 0 Å². The average molecular weight is 429 g/mol. The number of benzene rings is 2. The molecule has 0 amide bonds. The summed E-state index contributed by atoms with van der Waals surface area (Å²) >= 11 is 0. The predicted octanol–water partition coefficient (Wildman–Crippen LogP) is 2.34. The van der Waals surface area contributed by atoms with E-state index >= 15 is 0 Å². The second kappa shape index (κ2) is 10.3. The largest absolute Gasteiger partial charge is 0.495 e. The summed E-state index contributed by atoms with van der Waals surface area (Å²) in [5, 5.41) is 6.37. The molecule has 7 nitrogen and oxygen atoms in total. The van der Waals surface area contributed by atoms with E-state index in [0.29, 0.717) is 0 Å². The highest BCUT2D eigenvalue weighted by molar-refractivity contribution is 7.89. The van der Waals surface area contributed by atoms with E-state index < -0.39 is 119 Å². The molecule has 2 aromatic rings. The van der Waals surface area contributed by atoms with E-state index in [9.17, 15) is 8.42 Å². The van der Waals surface area contributed by atoms with Crippen molar-refractivity contribution in [1.29, 1.82) is 0 Å². The zero-order valence-corrected chi connectivity index (χ0v) is 15.1. The van der Waals surface area contributed by atoms with Crippen molar-refractivity contribution in [3.63, 3.8) is 0 Å². The van der Waals surface area contributed by atoms with Gasteiger partial charge in [-0.15, -0.1) is 0 Å². The molecule has 0 aliphatic carbocycles. The smallest absolute Gasteiger partial charge is 0.241 e. The first-order valence-corrected chi connectivity index (χ1v) is 8.84. The van der Waals surface area contributed by atoms with Gasteiger partial charge in [-0.3, -0.25) is 0 Å². The Kier molecular flexibility index (Phi) is 2.65. The lowest BCUT2D eigenvalue weighted by Gasteiger charge is -2.16. The van der Waals surface area contributed by atoms with Gasteiger partial charge < -0.3 is 19.5 Å². The molecule has 2 rings (SSSR count). The van der Waals surface area contributed by atoms with Crippen molar-refractivity contribution >= 4 is 10.0 Å². The van der Waals surface area contributed by atoms with Gasteiger partial charge in [0.2, 0.25) is 10.0 Å². The molecule has 0 saturated heterocycles. The van der Waals surface area contributed by atoms with Gasteiger partial charge in [0, 0.05) is 23.5 Å². The van der Waals surface area contributed by atoms with Crippen molar-refractivity contribution in [2.75, 3.05) is 26.7 Å². The quantitative estimate of drug-likeness (QED) is 0.570. The van der Waals surface area contributed by atoms with Crippen LogP contribution < -0.4 is 24.7 Å². The number of para-hydroxylation sites is 2. The Balaban J connectivity index is 2.91. The first kappa shape index (κ1) is 7.19. The Morgan fingerprint density at radius 2 is 2.00 bits per heavy atom. The Bertz CT molecular complexity index is 1690. The molecule has 1 atom stereocenters. The van der Waals surface area contributed by atoms with Gasteiger partial charge in [0.05, 0.1) is 30.1 Å². The fourth-order valence-corrected chi connectivity index (χ4v) is 2.24. The standard InChI is InChI=1S/C20H28N2O5S/c1-4-26-17-7-5-6-8-18(17)27-12-11-22-15(2)13-16-9-10-19(25-3)20(14-16)28(21,23)24/h5-10,14-15,22H,4,11-13H2,1-3H3,(H2,21,23,24)/t15-/m1/s1/i2D3,3D3,5D,6D,7D,8D,9D,10D,11D2,12D2,13D2,14D,15D. The summed E-state index contributed by atoms with van der Waals surface area (Å²) in [5.41, 5.74) is -1.71. The summed E-state index contributed by atoms with van der Waals surface area (Å²) in [6.45, 7) is -11.0. The van der Waals surface area contributed by atoms with Crippen molar-refractivity contribution in [2.24, 2.45) is 5.14 Å². The maximum Gasteiger partial charge on any atom is 0.241 e. The lowest BCUT2D eigenvalue weighted by Crippen LogP contribution is -2.32. The summed E-state index contributed by atoms with van der Waals surface area (Å²) < 4.78 is 200. The average Bonchev–Trinajstić information content (AvgIpc) is 2.88. The summed E-state index contributed by atoms with van der Waals surface area (Å²) in [5.74, 6) is -3.40. The lowest BCUT2D eigenvalue weighted by molar-refractivity contribution is 0.272. The maximum absolute atomic E-state index is 12.4. The molecule has 154 valence electrons. The zero-order valence-electron chi connectivity index (χ0n) is 34.2. The molecule has 0 spiro atoms. The second-order valence-corrected chi connectivity index (χ2v) is 6.10. The Morgan fingerprint density at radius 3 is 2.64 bits per heavy atom. The van der Waals surface area contributed by atoms with Crippen LogP contribution >= 0.6 is 0 Å².